The van der Waals surface area contributed by atoms with Gasteiger partial charge in [0.2, 0.25) is 0 Å². The van der Waals surface area contributed by atoms with Crippen LogP contribution in [-0.4, -0.2) is 60.8 Å². The van der Waals surface area contributed by atoms with E-state index in [0.717, 1.165) is 30.7 Å². The van der Waals surface area contributed by atoms with Gasteiger partial charge in [0, 0.05) is 30.7 Å². The van der Waals surface area contributed by atoms with E-state index in [0.29, 0.717) is 12.1 Å². The average molecular weight is 408 g/mol. The zero-order chi connectivity index (χ0) is 20.8. The van der Waals surface area contributed by atoms with Crippen LogP contribution in [-0.2, 0) is 11.3 Å². The molecule has 9 heteroatoms. The Morgan fingerprint density at radius 2 is 2.03 bits per heavy atom. The van der Waals surface area contributed by atoms with Crippen LogP contribution >= 0.6 is 0 Å². The highest BCUT2D eigenvalue weighted by atomic mass is 16.5. The molecule has 0 bridgehead atoms. The highest BCUT2D eigenvalue weighted by molar-refractivity contribution is 5.94. The van der Waals surface area contributed by atoms with E-state index in [9.17, 15) is 9.90 Å². The maximum absolute atomic E-state index is 12.4. The van der Waals surface area contributed by atoms with Gasteiger partial charge in [-0.3, -0.25) is 19.4 Å². The summed E-state index contributed by atoms with van der Waals surface area (Å²) in [6.45, 7) is 0.502. The van der Waals surface area contributed by atoms with Gasteiger partial charge in [-0.15, -0.1) is 5.10 Å². The van der Waals surface area contributed by atoms with Crippen molar-refractivity contribution in [1.29, 1.82) is 0 Å². The molecule has 1 fully saturated rings. The average Bonchev–Trinajstić information content (AvgIpc) is 3.28. The fraction of sp³-hybridized carbons (Fsp3) is 0.381. The molecule has 1 aliphatic heterocycles. The number of rotatable bonds is 7. The van der Waals surface area contributed by atoms with Gasteiger partial charge in [-0.25, -0.2) is 0 Å². The molecule has 1 aliphatic rings. The Kier molecular flexibility index (Phi) is 6.41. The molecule has 0 aliphatic carbocycles. The second-order valence-electron chi connectivity index (χ2n) is 7.24. The topological polar surface area (TPSA) is 115 Å². The zero-order valence-electron chi connectivity index (χ0n) is 16.5. The summed E-state index contributed by atoms with van der Waals surface area (Å²) in [5.74, 6) is -0.187. The quantitative estimate of drug-likeness (QED) is 0.608. The van der Waals surface area contributed by atoms with E-state index in [1.807, 2.05) is 24.4 Å². The van der Waals surface area contributed by atoms with Gasteiger partial charge in [0.25, 0.3) is 5.91 Å². The number of aliphatic hydroxyl groups is 1. The lowest BCUT2D eigenvalue weighted by molar-refractivity contribution is -0.0912. The van der Waals surface area contributed by atoms with Crippen LogP contribution in [0.15, 0.2) is 55.1 Å². The summed E-state index contributed by atoms with van der Waals surface area (Å²) in [5.41, 5.74) is 2.05. The molecule has 1 saturated heterocycles. The van der Waals surface area contributed by atoms with Crippen molar-refractivity contribution in [2.45, 2.75) is 44.1 Å². The molecule has 4 rings (SSSR count). The van der Waals surface area contributed by atoms with Crippen molar-refractivity contribution in [2.75, 3.05) is 6.61 Å². The predicted molar refractivity (Wildman–Crippen MR) is 108 cm³/mol. The van der Waals surface area contributed by atoms with Crippen molar-refractivity contribution in [1.82, 2.24) is 30.3 Å². The van der Waals surface area contributed by atoms with Gasteiger partial charge in [0.05, 0.1) is 30.6 Å². The highest BCUT2D eigenvalue weighted by Gasteiger charge is 2.32. The number of nitrogens with one attached hydrogen (secondary N) is 1. The molecule has 30 heavy (non-hydrogen) atoms. The van der Waals surface area contributed by atoms with Crippen LogP contribution in [0, 0.1) is 0 Å². The van der Waals surface area contributed by atoms with Crippen molar-refractivity contribution in [2.24, 2.45) is 0 Å². The Morgan fingerprint density at radius 1 is 1.17 bits per heavy atom. The smallest absolute Gasteiger partial charge is 0.251 e. The van der Waals surface area contributed by atoms with Crippen molar-refractivity contribution >= 4 is 5.91 Å². The Balaban J connectivity index is 1.29. The van der Waals surface area contributed by atoms with E-state index in [2.05, 4.69) is 25.6 Å². The maximum atomic E-state index is 12.4. The minimum atomic E-state index is -0.436. The van der Waals surface area contributed by atoms with Gasteiger partial charge in [0.1, 0.15) is 11.8 Å². The fourth-order valence-electron chi connectivity index (χ4n) is 3.58. The van der Waals surface area contributed by atoms with Crippen molar-refractivity contribution in [3.8, 4) is 11.4 Å². The molecule has 156 valence electrons. The molecular weight excluding hydrogens is 384 g/mol. The summed E-state index contributed by atoms with van der Waals surface area (Å²) < 4.78 is 7.82. The third-order valence-electron chi connectivity index (χ3n) is 5.20. The number of pyridine rings is 2. The van der Waals surface area contributed by atoms with Crippen molar-refractivity contribution < 1.29 is 14.6 Å². The molecule has 0 spiro atoms. The second kappa shape index (κ2) is 9.55. The first-order valence-electron chi connectivity index (χ1n) is 10.0. The van der Waals surface area contributed by atoms with Crippen LogP contribution in [0.25, 0.3) is 11.4 Å². The monoisotopic (exact) mass is 408 g/mol. The van der Waals surface area contributed by atoms with Crippen LogP contribution in [0.5, 0.6) is 0 Å². The number of aryl methyl sites for hydroxylation is 1. The number of amides is 1. The highest BCUT2D eigenvalue weighted by Crippen LogP contribution is 2.23. The summed E-state index contributed by atoms with van der Waals surface area (Å²) >= 11 is 0. The first-order chi connectivity index (χ1) is 14.7. The van der Waals surface area contributed by atoms with Gasteiger partial charge in [0.15, 0.2) is 0 Å². The molecule has 0 unspecified atom stereocenters. The van der Waals surface area contributed by atoms with Gasteiger partial charge < -0.3 is 15.2 Å². The van der Waals surface area contributed by atoms with E-state index < -0.39 is 6.10 Å². The largest absolute Gasteiger partial charge is 0.394 e. The van der Waals surface area contributed by atoms with Crippen molar-refractivity contribution in [3.63, 3.8) is 0 Å². The number of carbonyl (C=O) groups excluding carboxylic acids is 1. The fourth-order valence-corrected chi connectivity index (χ4v) is 3.58. The van der Waals surface area contributed by atoms with E-state index in [1.54, 1.807) is 35.4 Å². The van der Waals surface area contributed by atoms with Crippen LogP contribution < -0.4 is 5.32 Å². The first kappa shape index (κ1) is 20.1. The second-order valence-corrected chi connectivity index (χ2v) is 7.24. The normalized spacial score (nSPS) is 21.3. The lowest BCUT2D eigenvalue weighted by atomic mass is 9.97. The summed E-state index contributed by atoms with van der Waals surface area (Å²) in [5, 5.41) is 21.1. The number of hydrogen-bond acceptors (Lipinski definition) is 7. The minimum absolute atomic E-state index is 0.0151. The third kappa shape index (κ3) is 4.87. The predicted octanol–water partition coefficient (Wildman–Crippen LogP) is 1.46. The molecule has 1 amide bonds. The van der Waals surface area contributed by atoms with Gasteiger partial charge in [-0.2, -0.15) is 0 Å². The third-order valence-corrected chi connectivity index (χ3v) is 5.20. The molecule has 9 nitrogen and oxygen atoms in total. The standard InChI is InChI=1S/C21H24N6O3/c28-14-20-18(24-21(29)15-6-10-22-11-7-15)5-4-16(30-20)8-12-27-13-19(25-26-27)17-3-1-2-9-23-17/h1-3,6-7,9-11,13,16,18,20,28H,4-5,8,12,14H2,(H,24,29)/t16-,18+,20+/m1/s1. The number of carbonyl (C=O) groups is 1. The zero-order valence-corrected chi connectivity index (χ0v) is 16.5. The van der Waals surface area contributed by atoms with Gasteiger partial charge in [-0.1, -0.05) is 11.3 Å². The van der Waals surface area contributed by atoms with Gasteiger partial charge in [-0.05, 0) is 43.5 Å². The van der Waals surface area contributed by atoms with E-state index in [1.165, 1.54) is 0 Å². The first-order valence-corrected chi connectivity index (χ1v) is 10.0. The molecule has 3 aromatic rings. The number of aliphatic hydroxyl groups excluding tert-OH is 1. The van der Waals surface area contributed by atoms with Crippen LogP contribution in [0.2, 0.25) is 0 Å². The lowest BCUT2D eigenvalue weighted by Gasteiger charge is -2.36. The van der Waals surface area contributed by atoms with Crippen LogP contribution in [0.4, 0.5) is 0 Å². The summed E-state index contributed by atoms with van der Waals surface area (Å²) in [7, 11) is 0. The lowest BCUT2D eigenvalue weighted by Crippen LogP contribution is -2.51. The summed E-state index contributed by atoms with van der Waals surface area (Å²) in [4.78, 5) is 20.6. The summed E-state index contributed by atoms with van der Waals surface area (Å²) in [6, 6.07) is 8.76. The SMILES string of the molecule is O=C(N[C@H]1CC[C@H](CCn2cc(-c3ccccn3)nn2)O[C@H]1CO)c1ccncc1. The van der Waals surface area contributed by atoms with E-state index in [-0.39, 0.29) is 24.7 Å². The molecular formula is C21H24N6O3. The van der Waals surface area contributed by atoms with E-state index in [4.69, 9.17) is 4.74 Å². The van der Waals surface area contributed by atoms with E-state index >= 15 is 0 Å². The Bertz CT molecular complexity index is 950. The Labute approximate surface area is 174 Å². The number of ether oxygens (including phenoxy) is 1. The van der Waals surface area contributed by atoms with Gasteiger partial charge >= 0.3 is 0 Å². The maximum Gasteiger partial charge on any atom is 0.251 e. The van der Waals surface area contributed by atoms with Crippen LogP contribution in [0.1, 0.15) is 29.6 Å². The Hall–Kier alpha value is -3.17. The molecule has 4 heterocycles. The molecule has 3 aromatic heterocycles. The number of nitrogens with zero attached hydrogens (tertiary/aromatic N) is 5. The Morgan fingerprint density at radius 3 is 2.80 bits per heavy atom. The number of hydrogen-bond donors (Lipinski definition) is 2. The molecule has 0 aromatic carbocycles. The van der Waals surface area contributed by atoms with Crippen molar-refractivity contribution in [3.05, 3.63) is 60.7 Å². The number of aromatic nitrogens is 5. The molecule has 0 radical (unpaired) electrons. The molecule has 2 N–H and O–H groups in total. The molecule has 3 atom stereocenters. The summed E-state index contributed by atoms with van der Waals surface area (Å²) in [6.07, 6.45) is 8.57. The molecule has 0 saturated carbocycles. The van der Waals surface area contributed by atoms with Crippen LogP contribution in [0.3, 0.4) is 0 Å². The minimum Gasteiger partial charge on any atom is -0.394 e.